The van der Waals surface area contributed by atoms with Crippen LogP contribution in [0.5, 0.6) is 0 Å². The van der Waals surface area contributed by atoms with E-state index in [-0.39, 0.29) is 11.9 Å². The number of carbonyl (C=O) groups excluding carboxylic acids is 1. The van der Waals surface area contributed by atoms with Gasteiger partial charge in [0.05, 0.1) is 17.4 Å². The van der Waals surface area contributed by atoms with E-state index >= 15 is 0 Å². The highest BCUT2D eigenvalue weighted by Gasteiger charge is 2.26. The largest absolute Gasteiger partial charge is 0.338 e. The second kappa shape index (κ2) is 8.14. The number of hydrogen-bond donors (Lipinski definition) is 0. The van der Waals surface area contributed by atoms with Gasteiger partial charge in [0.1, 0.15) is 11.1 Å². The van der Waals surface area contributed by atoms with Crippen LogP contribution < -0.4 is 0 Å². The van der Waals surface area contributed by atoms with Crippen molar-refractivity contribution in [3.8, 4) is 6.07 Å². The third-order valence-electron chi connectivity index (χ3n) is 5.61. The molecular weight excluding hydrogens is 354 g/mol. The molecule has 0 N–H and O–H groups in total. The Balaban J connectivity index is 1.75. The predicted octanol–water partition coefficient (Wildman–Crippen LogP) is 4.51. The summed E-state index contributed by atoms with van der Waals surface area (Å²) in [7, 11) is 1.89. The maximum absolute atomic E-state index is 12.9. The quantitative estimate of drug-likeness (QED) is 0.734. The third kappa shape index (κ3) is 3.86. The van der Waals surface area contributed by atoms with Gasteiger partial charge in [-0.2, -0.15) is 5.26 Å². The number of fused-ring (bicyclic) bond motifs is 1. The average Bonchev–Trinajstić information content (AvgIpc) is 2.69. The summed E-state index contributed by atoms with van der Waals surface area (Å²) in [6.45, 7) is 5.87. The van der Waals surface area contributed by atoms with Gasteiger partial charge in [0, 0.05) is 12.7 Å². The highest BCUT2D eigenvalue weighted by atomic mass is 32.2. The Bertz CT molecular complexity index is 917. The lowest BCUT2D eigenvalue weighted by Gasteiger charge is -2.33. The number of benzene rings is 1. The predicted molar refractivity (Wildman–Crippen MR) is 109 cm³/mol. The number of rotatable bonds is 4. The molecule has 1 aliphatic carbocycles. The Labute approximate surface area is 165 Å². The van der Waals surface area contributed by atoms with E-state index in [0.29, 0.717) is 16.3 Å². The minimum Gasteiger partial charge on any atom is -0.338 e. The number of hydrogen-bond acceptors (Lipinski definition) is 4. The molecule has 0 saturated carbocycles. The summed E-state index contributed by atoms with van der Waals surface area (Å²) in [6.07, 6.45) is 3.18. The average molecular weight is 380 g/mol. The molecule has 0 unspecified atom stereocenters. The zero-order valence-corrected chi connectivity index (χ0v) is 17.2. The van der Waals surface area contributed by atoms with E-state index in [1.165, 1.54) is 22.9 Å². The molecule has 2 aromatic rings. The first-order chi connectivity index (χ1) is 12.9. The van der Waals surface area contributed by atoms with Crippen molar-refractivity contribution in [2.75, 3.05) is 12.8 Å². The van der Waals surface area contributed by atoms with Crippen molar-refractivity contribution in [1.82, 2.24) is 9.88 Å². The van der Waals surface area contributed by atoms with Gasteiger partial charge in [0.25, 0.3) is 0 Å². The van der Waals surface area contributed by atoms with Crippen LogP contribution in [0, 0.1) is 32.1 Å². The van der Waals surface area contributed by atoms with Crippen LogP contribution in [0.25, 0.3) is 0 Å². The Hall–Kier alpha value is -2.32. The van der Waals surface area contributed by atoms with Crippen molar-refractivity contribution < 1.29 is 4.79 Å². The maximum Gasteiger partial charge on any atom is 0.233 e. The number of thioether (sulfide) groups is 1. The molecule has 3 rings (SSSR count). The molecule has 0 radical (unpaired) electrons. The van der Waals surface area contributed by atoms with Crippen molar-refractivity contribution in [3.63, 3.8) is 0 Å². The van der Waals surface area contributed by atoms with Gasteiger partial charge in [-0.3, -0.25) is 4.79 Å². The smallest absolute Gasteiger partial charge is 0.233 e. The molecule has 5 heteroatoms. The van der Waals surface area contributed by atoms with Crippen molar-refractivity contribution in [3.05, 3.63) is 57.8 Å². The first-order valence-corrected chi connectivity index (χ1v) is 10.3. The number of aromatic nitrogens is 1. The molecule has 1 aromatic heterocycles. The van der Waals surface area contributed by atoms with Crippen molar-refractivity contribution in [2.45, 2.75) is 51.1 Å². The SMILES string of the molecule is Cc1nc(SCC(=O)N(C)[C@@H]2CCCc3ccccc32)c(C#N)c(C)c1C. The normalized spacial score (nSPS) is 15.7. The summed E-state index contributed by atoms with van der Waals surface area (Å²) in [5.74, 6) is 0.363. The Morgan fingerprint density at radius 2 is 2.04 bits per heavy atom. The van der Waals surface area contributed by atoms with Crippen molar-refractivity contribution in [2.24, 2.45) is 0 Å². The fourth-order valence-electron chi connectivity index (χ4n) is 3.68. The van der Waals surface area contributed by atoms with E-state index in [0.717, 1.165) is 36.1 Å². The zero-order chi connectivity index (χ0) is 19.6. The van der Waals surface area contributed by atoms with Crippen LogP contribution in [-0.4, -0.2) is 28.6 Å². The number of carbonyl (C=O) groups is 1. The monoisotopic (exact) mass is 379 g/mol. The number of aryl methyl sites for hydroxylation is 2. The van der Waals surface area contributed by atoms with E-state index in [1.54, 1.807) is 0 Å². The number of pyridine rings is 1. The van der Waals surface area contributed by atoms with Gasteiger partial charge in [-0.15, -0.1) is 0 Å². The first-order valence-electron chi connectivity index (χ1n) is 9.28. The molecule has 1 atom stereocenters. The zero-order valence-electron chi connectivity index (χ0n) is 16.4. The van der Waals surface area contributed by atoms with Crippen molar-refractivity contribution >= 4 is 17.7 Å². The molecule has 0 aliphatic heterocycles. The molecular formula is C22H25N3OS. The third-order valence-corrected chi connectivity index (χ3v) is 6.57. The van der Waals surface area contributed by atoms with Gasteiger partial charge in [0.2, 0.25) is 5.91 Å². The molecule has 0 saturated heterocycles. The number of nitriles is 1. The lowest BCUT2D eigenvalue weighted by atomic mass is 9.87. The lowest BCUT2D eigenvalue weighted by molar-refractivity contribution is -0.129. The van der Waals surface area contributed by atoms with E-state index < -0.39 is 0 Å². The van der Waals surface area contributed by atoms with Gasteiger partial charge < -0.3 is 4.90 Å². The van der Waals surface area contributed by atoms with Crippen LogP contribution in [0.1, 0.15) is 52.4 Å². The first kappa shape index (κ1) is 19.4. The van der Waals surface area contributed by atoms with Crippen molar-refractivity contribution in [1.29, 1.82) is 5.26 Å². The summed E-state index contributed by atoms with van der Waals surface area (Å²) >= 11 is 1.37. The summed E-state index contributed by atoms with van der Waals surface area (Å²) in [4.78, 5) is 19.3. The lowest BCUT2D eigenvalue weighted by Crippen LogP contribution is -2.34. The van der Waals surface area contributed by atoms with Gasteiger partial charge in [-0.25, -0.2) is 4.98 Å². The van der Waals surface area contributed by atoms with Gasteiger partial charge in [-0.1, -0.05) is 36.0 Å². The highest BCUT2D eigenvalue weighted by molar-refractivity contribution is 8.00. The summed E-state index contributed by atoms with van der Waals surface area (Å²) in [5, 5.41) is 10.2. The van der Waals surface area contributed by atoms with Crippen LogP contribution >= 0.6 is 11.8 Å². The Morgan fingerprint density at radius 3 is 2.78 bits per heavy atom. The Kier molecular flexibility index (Phi) is 5.86. The van der Waals surface area contributed by atoms with Crippen LogP contribution in [0.4, 0.5) is 0 Å². The summed E-state index contributed by atoms with van der Waals surface area (Å²) in [6, 6.07) is 10.8. The molecule has 0 bridgehead atoms. The summed E-state index contributed by atoms with van der Waals surface area (Å²) < 4.78 is 0. The molecule has 140 valence electrons. The van der Waals surface area contributed by atoms with Crippen LogP contribution in [0.3, 0.4) is 0 Å². The molecule has 1 aliphatic rings. The second-order valence-electron chi connectivity index (χ2n) is 7.14. The van der Waals surface area contributed by atoms with E-state index in [9.17, 15) is 10.1 Å². The van der Waals surface area contributed by atoms with Gasteiger partial charge in [0.15, 0.2) is 0 Å². The fourth-order valence-corrected chi connectivity index (χ4v) is 4.69. The fraction of sp³-hybridized carbons (Fsp3) is 0.409. The number of nitrogens with zero attached hydrogens (tertiary/aromatic N) is 3. The Morgan fingerprint density at radius 1 is 1.30 bits per heavy atom. The maximum atomic E-state index is 12.9. The second-order valence-corrected chi connectivity index (χ2v) is 8.10. The van der Waals surface area contributed by atoms with E-state index in [2.05, 4.69) is 29.3 Å². The molecule has 1 aromatic carbocycles. The number of amides is 1. The molecule has 1 amide bonds. The topological polar surface area (TPSA) is 57.0 Å². The molecule has 0 fully saturated rings. The minimum atomic E-state index is 0.0725. The minimum absolute atomic E-state index is 0.0725. The van der Waals surface area contributed by atoms with Gasteiger partial charge in [-0.05, 0) is 62.3 Å². The van der Waals surface area contributed by atoms with Crippen LogP contribution in [0.15, 0.2) is 29.3 Å². The standard InChI is InChI=1S/C22H25N3OS/c1-14-15(2)19(12-23)22(24-16(14)3)27-13-21(26)25(4)20-11-7-9-17-8-5-6-10-18(17)20/h5-6,8,10,20H,7,9,11,13H2,1-4H3/t20-/m1/s1. The summed E-state index contributed by atoms with van der Waals surface area (Å²) in [5.41, 5.74) is 6.10. The van der Waals surface area contributed by atoms with Crippen LogP contribution in [-0.2, 0) is 11.2 Å². The van der Waals surface area contributed by atoms with E-state index in [4.69, 9.17) is 0 Å². The molecule has 4 nitrogen and oxygen atoms in total. The van der Waals surface area contributed by atoms with Gasteiger partial charge >= 0.3 is 0 Å². The van der Waals surface area contributed by atoms with Crippen LogP contribution in [0.2, 0.25) is 0 Å². The molecule has 27 heavy (non-hydrogen) atoms. The highest BCUT2D eigenvalue weighted by Crippen LogP contribution is 2.34. The molecule has 1 heterocycles. The van der Waals surface area contributed by atoms with E-state index in [1.807, 2.05) is 38.8 Å². The molecule has 0 spiro atoms.